The monoisotopic (exact) mass is 263 g/mol. The summed E-state index contributed by atoms with van der Waals surface area (Å²) >= 11 is 0. The van der Waals surface area contributed by atoms with Crippen LogP contribution in [0.2, 0.25) is 0 Å². The van der Waals surface area contributed by atoms with Crippen LogP contribution in [0.5, 0.6) is 0 Å². The van der Waals surface area contributed by atoms with Crippen LogP contribution >= 0.6 is 0 Å². The van der Waals surface area contributed by atoms with E-state index < -0.39 is 22.0 Å². The number of carboxylic acids is 1. The predicted molar refractivity (Wildman–Crippen MR) is 65.2 cm³/mol. The molecule has 1 fully saturated rings. The smallest absolute Gasteiger partial charge is 0.321 e. The number of sulfonamides is 1. The molecule has 17 heavy (non-hydrogen) atoms. The van der Waals surface area contributed by atoms with E-state index in [9.17, 15) is 13.2 Å². The molecule has 1 aliphatic rings. The van der Waals surface area contributed by atoms with E-state index in [1.165, 1.54) is 6.42 Å². The summed E-state index contributed by atoms with van der Waals surface area (Å²) in [5, 5.41) is 8.82. The Morgan fingerprint density at radius 2 is 1.94 bits per heavy atom. The lowest BCUT2D eigenvalue weighted by molar-refractivity contribution is -0.139. The number of hydrogen-bond acceptors (Lipinski definition) is 3. The van der Waals surface area contributed by atoms with Crippen molar-refractivity contribution in [2.75, 3.05) is 5.75 Å². The zero-order valence-electron chi connectivity index (χ0n) is 10.2. The number of rotatable bonds is 6. The van der Waals surface area contributed by atoms with Crippen molar-refractivity contribution < 1.29 is 18.3 Å². The Bertz CT molecular complexity index is 346. The van der Waals surface area contributed by atoms with Crippen molar-refractivity contribution in [1.82, 2.24) is 4.72 Å². The van der Waals surface area contributed by atoms with Gasteiger partial charge in [0, 0.05) is 0 Å². The summed E-state index contributed by atoms with van der Waals surface area (Å²) in [5.41, 5.74) is 0. The Kier molecular flexibility index (Phi) is 5.39. The molecule has 100 valence electrons. The number of carboxylic acid groups (broad SMARTS) is 1. The van der Waals surface area contributed by atoms with Crippen LogP contribution in [0.15, 0.2) is 0 Å². The summed E-state index contributed by atoms with van der Waals surface area (Å²) in [5.74, 6) is -0.858. The van der Waals surface area contributed by atoms with Gasteiger partial charge in [-0.1, -0.05) is 26.2 Å². The van der Waals surface area contributed by atoms with Crippen LogP contribution in [0.3, 0.4) is 0 Å². The van der Waals surface area contributed by atoms with E-state index in [-0.39, 0.29) is 18.1 Å². The first-order chi connectivity index (χ1) is 7.94. The van der Waals surface area contributed by atoms with E-state index in [0.29, 0.717) is 0 Å². The normalized spacial score (nSPS) is 20.1. The van der Waals surface area contributed by atoms with Crippen molar-refractivity contribution in [1.29, 1.82) is 0 Å². The lowest BCUT2D eigenvalue weighted by Gasteiger charge is -2.22. The van der Waals surface area contributed by atoms with Crippen LogP contribution in [-0.4, -0.2) is 31.3 Å². The van der Waals surface area contributed by atoms with Crippen LogP contribution in [0, 0.1) is 5.92 Å². The molecule has 1 unspecified atom stereocenters. The summed E-state index contributed by atoms with van der Waals surface area (Å²) < 4.78 is 25.9. The van der Waals surface area contributed by atoms with Gasteiger partial charge in [0.05, 0.1) is 5.75 Å². The standard InChI is InChI=1S/C11H21NO4S/c1-2-10(11(13)14)12-17(15,16)8-9-6-4-3-5-7-9/h9-10,12H,2-8H2,1H3,(H,13,14). The van der Waals surface area contributed by atoms with E-state index in [1.54, 1.807) is 6.92 Å². The van der Waals surface area contributed by atoms with Gasteiger partial charge in [-0.25, -0.2) is 13.1 Å². The maximum Gasteiger partial charge on any atom is 0.321 e. The van der Waals surface area contributed by atoms with Crippen molar-refractivity contribution in [2.45, 2.75) is 51.5 Å². The highest BCUT2D eigenvalue weighted by Gasteiger charge is 2.26. The first kappa shape index (κ1) is 14.4. The van der Waals surface area contributed by atoms with Gasteiger partial charge in [0.15, 0.2) is 0 Å². The first-order valence-electron chi connectivity index (χ1n) is 6.17. The minimum absolute atomic E-state index is 0.0663. The molecule has 1 atom stereocenters. The van der Waals surface area contributed by atoms with Crippen LogP contribution in [0.4, 0.5) is 0 Å². The van der Waals surface area contributed by atoms with Crippen LogP contribution in [0.1, 0.15) is 45.4 Å². The number of hydrogen-bond donors (Lipinski definition) is 2. The van der Waals surface area contributed by atoms with Gasteiger partial charge in [-0.3, -0.25) is 4.79 Å². The number of aliphatic carboxylic acids is 1. The molecule has 0 aliphatic heterocycles. The molecular weight excluding hydrogens is 242 g/mol. The molecule has 0 radical (unpaired) electrons. The largest absolute Gasteiger partial charge is 0.480 e. The van der Waals surface area contributed by atoms with E-state index in [1.807, 2.05) is 0 Å². The van der Waals surface area contributed by atoms with Crippen molar-refractivity contribution >= 4 is 16.0 Å². The summed E-state index contributed by atoms with van der Waals surface area (Å²) in [6.07, 6.45) is 5.47. The van der Waals surface area contributed by atoms with Crippen LogP contribution in [0.25, 0.3) is 0 Å². The van der Waals surface area contributed by atoms with Gasteiger partial charge in [-0.15, -0.1) is 0 Å². The molecule has 1 rings (SSSR count). The number of nitrogens with one attached hydrogen (secondary N) is 1. The van der Waals surface area contributed by atoms with Crippen molar-refractivity contribution in [3.05, 3.63) is 0 Å². The highest BCUT2D eigenvalue weighted by atomic mass is 32.2. The second kappa shape index (κ2) is 6.35. The van der Waals surface area contributed by atoms with Gasteiger partial charge in [0.25, 0.3) is 0 Å². The predicted octanol–water partition coefficient (Wildman–Crippen LogP) is 1.35. The molecule has 0 saturated heterocycles. The molecule has 6 heteroatoms. The SMILES string of the molecule is CCC(NS(=O)(=O)CC1CCCCC1)C(=O)O. The van der Waals surface area contributed by atoms with E-state index in [0.717, 1.165) is 25.7 Å². The van der Waals surface area contributed by atoms with Gasteiger partial charge >= 0.3 is 5.97 Å². The van der Waals surface area contributed by atoms with E-state index in [2.05, 4.69) is 4.72 Å². The average molecular weight is 263 g/mol. The maximum atomic E-state index is 11.8. The van der Waals surface area contributed by atoms with Gasteiger partial charge < -0.3 is 5.11 Å². The molecule has 1 aliphatic carbocycles. The Morgan fingerprint density at radius 1 is 1.35 bits per heavy atom. The van der Waals surface area contributed by atoms with Gasteiger partial charge in [-0.2, -0.15) is 0 Å². The lowest BCUT2D eigenvalue weighted by atomic mass is 9.91. The fourth-order valence-electron chi connectivity index (χ4n) is 2.24. The molecule has 0 bridgehead atoms. The molecule has 0 aromatic heterocycles. The third-order valence-electron chi connectivity index (χ3n) is 3.21. The summed E-state index contributed by atoms with van der Waals surface area (Å²) in [7, 11) is -3.47. The zero-order valence-corrected chi connectivity index (χ0v) is 11.0. The minimum Gasteiger partial charge on any atom is -0.480 e. The Morgan fingerprint density at radius 3 is 2.41 bits per heavy atom. The molecule has 0 spiro atoms. The second-order valence-corrected chi connectivity index (χ2v) is 6.50. The summed E-state index contributed by atoms with van der Waals surface area (Å²) in [6.45, 7) is 1.65. The van der Waals surface area contributed by atoms with Crippen molar-refractivity contribution in [3.8, 4) is 0 Å². The fourth-order valence-corrected chi connectivity index (χ4v) is 3.99. The topological polar surface area (TPSA) is 83.5 Å². The van der Waals surface area contributed by atoms with Crippen molar-refractivity contribution in [2.24, 2.45) is 5.92 Å². The van der Waals surface area contributed by atoms with Gasteiger partial charge in [0.1, 0.15) is 6.04 Å². The molecular formula is C11H21NO4S. The minimum atomic E-state index is -3.47. The van der Waals surface area contributed by atoms with E-state index >= 15 is 0 Å². The molecule has 5 nitrogen and oxygen atoms in total. The quantitative estimate of drug-likeness (QED) is 0.757. The maximum absolute atomic E-state index is 11.8. The first-order valence-corrected chi connectivity index (χ1v) is 7.82. The Labute approximate surface area is 103 Å². The molecule has 0 heterocycles. The third-order valence-corrected chi connectivity index (χ3v) is 4.76. The molecule has 0 amide bonds. The van der Waals surface area contributed by atoms with Crippen LogP contribution in [-0.2, 0) is 14.8 Å². The average Bonchev–Trinajstić information content (AvgIpc) is 2.26. The third kappa shape index (κ3) is 5.04. The Hall–Kier alpha value is -0.620. The summed E-state index contributed by atoms with van der Waals surface area (Å²) in [4.78, 5) is 10.8. The highest BCUT2D eigenvalue weighted by molar-refractivity contribution is 7.89. The van der Waals surface area contributed by atoms with Crippen LogP contribution < -0.4 is 4.72 Å². The molecule has 1 saturated carbocycles. The number of carbonyl (C=O) groups is 1. The molecule has 0 aromatic carbocycles. The lowest BCUT2D eigenvalue weighted by Crippen LogP contribution is -2.42. The molecule has 0 aromatic rings. The van der Waals surface area contributed by atoms with Crippen molar-refractivity contribution in [3.63, 3.8) is 0 Å². The van der Waals surface area contributed by atoms with Gasteiger partial charge in [0.2, 0.25) is 10.0 Å². The Balaban J connectivity index is 2.52. The highest BCUT2D eigenvalue weighted by Crippen LogP contribution is 2.24. The molecule has 2 N–H and O–H groups in total. The summed E-state index contributed by atoms with van der Waals surface area (Å²) in [6, 6.07) is -0.997. The van der Waals surface area contributed by atoms with Gasteiger partial charge in [-0.05, 0) is 25.2 Å². The fraction of sp³-hybridized carbons (Fsp3) is 0.909. The zero-order chi connectivity index (χ0) is 12.9. The van der Waals surface area contributed by atoms with E-state index in [4.69, 9.17) is 5.11 Å². The second-order valence-electron chi connectivity index (χ2n) is 4.70.